The predicted octanol–water partition coefficient (Wildman–Crippen LogP) is 2.81. The SMILES string of the molecule is O=C(Nc1ccccc1)OC(CF)CCl. The molecule has 3 nitrogen and oxygen atoms in total. The number of anilines is 1. The molecule has 1 aromatic rings. The van der Waals surface area contributed by atoms with E-state index in [1.165, 1.54) is 0 Å². The summed E-state index contributed by atoms with van der Waals surface area (Å²) >= 11 is 5.37. The van der Waals surface area contributed by atoms with Gasteiger partial charge in [-0.2, -0.15) is 0 Å². The van der Waals surface area contributed by atoms with Gasteiger partial charge in [0.2, 0.25) is 0 Å². The van der Waals surface area contributed by atoms with Crippen LogP contribution in [0.15, 0.2) is 30.3 Å². The minimum Gasteiger partial charge on any atom is -0.442 e. The average Bonchev–Trinajstić information content (AvgIpc) is 2.27. The van der Waals surface area contributed by atoms with E-state index >= 15 is 0 Å². The molecule has 1 atom stereocenters. The number of amides is 1. The third-order valence-corrected chi connectivity index (χ3v) is 1.98. The Kier molecular flexibility index (Phi) is 4.90. The number of hydrogen-bond donors (Lipinski definition) is 1. The van der Waals surface area contributed by atoms with E-state index in [-0.39, 0.29) is 5.88 Å². The number of para-hydroxylation sites is 1. The Labute approximate surface area is 92.2 Å². The number of hydrogen-bond acceptors (Lipinski definition) is 2. The minimum absolute atomic E-state index is 0.0568. The molecule has 0 saturated carbocycles. The van der Waals surface area contributed by atoms with Crippen molar-refractivity contribution in [2.75, 3.05) is 17.9 Å². The topological polar surface area (TPSA) is 38.3 Å². The zero-order valence-corrected chi connectivity index (χ0v) is 8.71. The minimum atomic E-state index is -0.893. The first-order valence-electron chi connectivity index (χ1n) is 4.41. The molecule has 1 unspecified atom stereocenters. The lowest BCUT2D eigenvalue weighted by molar-refractivity contribution is 0.106. The molecule has 0 aromatic heterocycles. The number of ether oxygens (including phenoxy) is 1. The third-order valence-electron chi connectivity index (χ3n) is 1.64. The zero-order chi connectivity index (χ0) is 11.1. The monoisotopic (exact) mass is 231 g/mol. The van der Waals surface area contributed by atoms with Crippen molar-refractivity contribution in [2.45, 2.75) is 6.10 Å². The van der Waals surface area contributed by atoms with Crippen LogP contribution in [0.1, 0.15) is 0 Å². The Hall–Kier alpha value is -1.29. The zero-order valence-electron chi connectivity index (χ0n) is 7.95. The molecule has 1 amide bonds. The van der Waals surface area contributed by atoms with Gasteiger partial charge in [0.05, 0.1) is 5.88 Å². The molecule has 0 fully saturated rings. The average molecular weight is 232 g/mol. The Morgan fingerprint density at radius 1 is 1.47 bits per heavy atom. The van der Waals surface area contributed by atoms with Gasteiger partial charge < -0.3 is 4.74 Å². The fourth-order valence-electron chi connectivity index (χ4n) is 0.924. The highest BCUT2D eigenvalue weighted by Gasteiger charge is 2.12. The maximum Gasteiger partial charge on any atom is 0.412 e. The lowest BCUT2D eigenvalue weighted by Gasteiger charge is -2.12. The van der Waals surface area contributed by atoms with Gasteiger partial charge in [0.15, 0.2) is 0 Å². The van der Waals surface area contributed by atoms with Crippen LogP contribution in [0.4, 0.5) is 14.9 Å². The number of carbonyl (C=O) groups excluding carboxylic acids is 1. The second-order valence-electron chi connectivity index (χ2n) is 2.83. The van der Waals surface area contributed by atoms with Crippen LogP contribution in [0.3, 0.4) is 0 Å². The lowest BCUT2D eigenvalue weighted by atomic mass is 10.3. The van der Waals surface area contributed by atoms with Crippen molar-refractivity contribution in [3.05, 3.63) is 30.3 Å². The van der Waals surface area contributed by atoms with Crippen LogP contribution in [0.25, 0.3) is 0 Å². The first-order valence-corrected chi connectivity index (χ1v) is 4.94. The molecule has 0 saturated heterocycles. The van der Waals surface area contributed by atoms with Gasteiger partial charge in [0.25, 0.3) is 0 Å². The number of benzene rings is 1. The molecule has 0 bridgehead atoms. The quantitative estimate of drug-likeness (QED) is 0.810. The van der Waals surface area contributed by atoms with Crippen LogP contribution in [-0.4, -0.2) is 24.8 Å². The van der Waals surface area contributed by atoms with Crippen LogP contribution in [-0.2, 0) is 4.74 Å². The Balaban J connectivity index is 2.43. The number of halogens is 2. The molecule has 1 rings (SSSR count). The van der Waals surface area contributed by atoms with E-state index in [0.717, 1.165) is 0 Å². The van der Waals surface area contributed by atoms with Crippen molar-refractivity contribution in [1.29, 1.82) is 0 Å². The smallest absolute Gasteiger partial charge is 0.412 e. The summed E-state index contributed by atoms with van der Waals surface area (Å²) in [6.45, 7) is -0.786. The second kappa shape index (κ2) is 6.24. The molecule has 0 radical (unpaired) electrons. The standard InChI is InChI=1S/C10H11ClFNO2/c11-6-9(7-12)15-10(14)13-8-4-2-1-3-5-8/h1-5,9H,6-7H2,(H,13,14). The van der Waals surface area contributed by atoms with Gasteiger partial charge in [-0.3, -0.25) is 5.32 Å². The number of nitrogens with one attached hydrogen (secondary N) is 1. The summed E-state index contributed by atoms with van der Waals surface area (Å²) in [5.41, 5.74) is 0.592. The molecule has 0 aliphatic rings. The molecular weight excluding hydrogens is 221 g/mol. The first-order chi connectivity index (χ1) is 7.26. The number of alkyl halides is 2. The number of carbonyl (C=O) groups is 1. The van der Waals surface area contributed by atoms with E-state index in [2.05, 4.69) is 5.32 Å². The summed E-state index contributed by atoms with van der Waals surface area (Å²) in [7, 11) is 0. The van der Waals surface area contributed by atoms with Crippen molar-refractivity contribution in [3.63, 3.8) is 0 Å². The van der Waals surface area contributed by atoms with E-state index in [9.17, 15) is 9.18 Å². The summed E-state index contributed by atoms with van der Waals surface area (Å²) in [6, 6.07) is 8.76. The highest BCUT2D eigenvalue weighted by molar-refractivity contribution is 6.18. The van der Waals surface area contributed by atoms with E-state index in [0.29, 0.717) is 5.69 Å². The van der Waals surface area contributed by atoms with Gasteiger partial charge in [0.1, 0.15) is 12.8 Å². The largest absolute Gasteiger partial charge is 0.442 e. The van der Waals surface area contributed by atoms with Crippen LogP contribution in [0.5, 0.6) is 0 Å². The van der Waals surface area contributed by atoms with E-state index in [4.69, 9.17) is 16.3 Å². The highest BCUT2D eigenvalue weighted by Crippen LogP contribution is 2.06. The summed E-state index contributed by atoms with van der Waals surface area (Å²) in [5, 5.41) is 2.45. The summed E-state index contributed by atoms with van der Waals surface area (Å²) in [5.74, 6) is -0.0568. The van der Waals surface area contributed by atoms with Crippen molar-refractivity contribution in [3.8, 4) is 0 Å². The summed E-state index contributed by atoms with van der Waals surface area (Å²) < 4.78 is 16.9. The molecule has 1 N–H and O–H groups in total. The normalized spacial score (nSPS) is 11.9. The van der Waals surface area contributed by atoms with Crippen molar-refractivity contribution >= 4 is 23.4 Å². The molecule has 0 aliphatic carbocycles. The molecule has 0 heterocycles. The molecule has 82 valence electrons. The summed E-state index contributed by atoms with van der Waals surface area (Å²) in [4.78, 5) is 11.2. The van der Waals surface area contributed by atoms with Crippen LogP contribution >= 0.6 is 11.6 Å². The number of rotatable bonds is 4. The van der Waals surface area contributed by atoms with Gasteiger partial charge in [0, 0.05) is 5.69 Å². The molecule has 0 spiro atoms. The van der Waals surface area contributed by atoms with Gasteiger partial charge in [-0.15, -0.1) is 11.6 Å². The molecule has 5 heteroatoms. The van der Waals surface area contributed by atoms with E-state index < -0.39 is 18.9 Å². The lowest BCUT2D eigenvalue weighted by Crippen LogP contribution is -2.25. The predicted molar refractivity (Wildman–Crippen MR) is 57.0 cm³/mol. The molecular formula is C10H11ClFNO2. The van der Waals surface area contributed by atoms with Gasteiger partial charge in [-0.05, 0) is 12.1 Å². The third kappa shape index (κ3) is 4.16. The van der Waals surface area contributed by atoms with Gasteiger partial charge in [-0.1, -0.05) is 18.2 Å². The van der Waals surface area contributed by atoms with Gasteiger partial charge >= 0.3 is 6.09 Å². The maximum atomic E-state index is 12.2. The molecule has 1 aromatic carbocycles. The first kappa shape index (κ1) is 11.8. The Bertz CT molecular complexity index is 304. The fourth-order valence-corrected chi connectivity index (χ4v) is 1.07. The van der Waals surface area contributed by atoms with Crippen molar-refractivity contribution in [1.82, 2.24) is 0 Å². The van der Waals surface area contributed by atoms with Crippen molar-refractivity contribution in [2.24, 2.45) is 0 Å². The van der Waals surface area contributed by atoms with Crippen LogP contribution in [0.2, 0.25) is 0 Å². The molecule has 0 aliphatic heterocycles. The van der Waals surface area contributed by atoms with Gasteiger partial charge in [-0.25, -0.2) is 9.18 Å². The molecule has 15 heavy (non-hydrogen) atoms. The summed E-state index contributed by atoms with van der Waals surface area (Å²) in [6.07, 6.45) is -1.60. The van der Waals surface area contributed by atoms with E-state index in [1.54, 1.807) is 24.3 Å². The second-order valence-corrected chi connectivity index (χ2v) is 3.14. The van der Waals surface area contributed by atoms with Crippen LogP contribution in [0, 0.1) is 0 Å². The van der Waals surface area contributed by atoms with Crippen molar-refractivity contribution < 1.29 is 13.9 Å². The fraction of sp³-hybridized carbons (Fsp3) is 0.300. The van der Waals surface area contributed by atoms with Crippen LogP contribution < -0.4 is 5.32 Å². The van der Waals surface area contributed by atoms with E-state index in [1.807, 2.05) is 6.07 Å². The maximum absolute atomic E-state index is 12.2. The highest BCUT2D eigenvalue weighted by atomic mass is 35.5. The Morgan fingerprint density at radius 2 is 2.13 bits per heavy atom. The Morgan fingerprint density at radius 3 is 2.67 bits per heavy atom.